The fraction of sp³-hybridized carbons (Fsp3) is 0.273. The number of nitriles is 1. The van der Waals surface area contributed by atoms with E-state index in [1.54, 1.807) is 12.1 Å². The number of carbonyl (C=O) groups excluding carboxylic acids is 1. The number of carbonyl (C=O) groups is 1. The predicted molar refractivity (Wildman–Crippen MR) is 52.5 cm³/mol. The third-order valence-electron chi connectivity index (χ3n) is 1.75. The lowest BCUT2D eigenvalue weighted by atomic mass is 10.2. The quantitative estimate of drug-likeness (QED) is 0.546. The smallest absolute Gasteiger partial charge is 0.333 e. The molecule has 0 saturated heterocycles. The Hall–Kier alpha value is -2.02. The molecule has 0 aromatic carbocycles. The van der Waals surface area contributed by atoms with E-state index in [0.717, 1.165) is 0 Å². The summed E-state index contributed by atoms with van der Waals surface area (Å²) in [5, 5.41) is 8.32. The average Bonchev–Trinajstić information content (AvgIpc) is 2.75. The number of ether oxygens (including phenoxy) is 1. The van der Waals surface area contributed by atoms with Gasteiger partial charge in [-0.25, -0.2) is 4.79 Å². The Morgan fingerprint density at radius 3 is 3.07 bits per heavy atom. The molecule has 1 aromatic heterocycles. The molecule has 0 N–H and O–H groups in total. The highest BCUT2D eigenvalue weighted by atomic mass is 16.5. The molecular weight excluding hydrogens is 194 g/mol. The second kappa shape index (κ2) is 5.66. The number of rotatable bonds is 5. The van der Waals surface area contributed by atoms with E-state index in [4.69, 9.17) is 14.4 Å². The van der Waals surface area contributed by atoms with Gasteiger partial charge in [-0.05, 0) is 18.6 Å². The van der Waals surface area contributed by atoms with E-state index < -0.39 is 5.97 Å². The molecule has 78 valence electrons. The van der Waals surface area contributed by atoms with Crippen LogP contribution in [0, 0.1) is 11.3 Å². The van der Waals surface area contributed by atoms with Gasteiger partial charge in [0.1, 0.15) is 12.4 Å². The molecule has 0 bridgehead atoms. The van der Waals surface area contributed by atoms with Gasteiger partial charge in [0.2, 0.25) is 0 Å². The summed E-state index contributed by atoms with van der Waals surface area (Å²) in [6.07, 6.45) is 2.12. The summed E-state index contributed by atoms with van der Waals surface area (Å²) in [6.45, 7) is 3.63. The van der Waals surface area contributed by atoms with Crippen molar-refractivity contribution in [2.75, 3.05) is 0 Å². The zero-order valence-electron chi connectivity index (χ0n) is 8.23. The molecule has 15 heavy (non-hydrogen) atoms. The number of nitrogens with zero attached hydrogens (tertiary/aromatic N) is 1. The minimum Gasteiger partial charge on any atom is -0.466 e. The minimum atomic E-state index is -0.485. The molecule has 1 aromatic rings. The standard InChI is InChI=1S/C11H11NO3/c1-9(4-2-6-12)11(13)15-8-10-5-3-7-14-10/h3,5,7H,1-2,4,8H2. The van der Waals surface area contributed by atoms with Crippen LogP contribution in [0.15, 0.2) is 35.0 Å². The first-order valence-corrected chi connectivity index (χ1v) is 4.48. The summed E-state index contributed by atoms with van der Waals surface area (Å²) < 4.78 is 9.89. The SMILES string of the molecule is C=C(CCC#N)C(=O)OCc1ccco1. The van der Waals surface area contributed by atoms with Gasteiger partial charge in [0.05, 0.1) is 12.3 Å². The molecule has 0 radical (unpaired) electrons. The maximum absolute atomic E-state index is 11.3. The number of furan rings is 1. The first-order valence-electron chi connectivity index (χ1n) is 4.48. The molecule has 0 atom stereocenters. The summed E-state index contributed by atoms with van der Waals surface area (Å²) in [4.78, 5) is 11.3. The number of esters is 1. The molecule has 0 unspecified atom stereocenters. The third-order valence-corrected chi connectivity index (χ3v) is 1.75. The van der Waals surface area contributed by atoms with Crippen LogP contribution in [0.2, 0.25) is 0 Å². The molecule has 4 heteroatoms. The largest absolute Gasteiger partial charge is 0.466 e. The van der Waals surface area contributed by atoms with Crippen molar-refractivity contribution in [1.29, 1.82) is 5.26 Å². The van der Waals surface area contributed by atoms with Crippen molar-refractivity contribution in [3.8, 4) is 6.07 Å². The lowest BCUT2D eigenvalue weighted by Gasteiger charge is -2.03. The highest BCUT2D eigenvalue weighted by molar-refractivity contribution is 5.87. The molecule has 0 spiro atoms. The van der Waals surface area contributed by atoms with Gasteiger partial charge < -0.3 is 9.15 Å². The van der Waals surface area contributed by atoms with Gasteiger partial charge in [-0.2, -0.15) is 5.26 Å². The fourth-order valence-electron chi connectivity index (χ4n) is 0.942. The van der Waals surface area contributed by atoms with Gasteiger partial charge in [-0.15, -0.1) is 0 Å². The van der Waals surface area contributed by atoms with Gasteiger partial charge in [0, 0.05) is 12.0 Å². The van der Waals surface area contributed by atoms with Crippen LogP contribution in [-0.2, 0) is 16.1 Å². The second-order valence-electron chi connectivity index (χ2n) is 2.92. The van der Waals surface area contributed by atoms with Crippen LogP contribution in [0.1, 0.15) is 18.6 Å². The zero-order chi connectivity index (χ0) is 11.1. The number of hydrogen-bond acceptors (Lipinski definition) is 4. The lowest BCUT2D eigenvalue weighted by molar-refractivity contribution is -0.140. The van der Waals surface area contributed by atoms with Crippen molar-refractivity contribution in [3.63, 3.8) is 0 Å². The average molecular weight is 205 g/mol. The first kappa shape index (κ1) is 11.1. The van der Waals surface area contributed by atoms with E-state index in [-0.39, 0.29) is 13.0 Å². The van der Waals surface area contributed by atoms with Gasteiger partial charge in [-0.3, -0.25) is 0 Å². The summed E-state index contributed by atoms with van der Waals surface area (Å²) >= 11 is 0. The molecule has 0 aliphatic carbocycles. The van der Waals surface area contributed by atoms with E-state index in [1.165, 1.54) is 6.26 Å². The van der Waals surface area contributed by atoms with Crippen LogP contribution >= 0.6 is 0 Å². The maximum Gasteiger partial charge on any atom is 0.333 e. The highest BCUT2D eigenvalue weighted by Gasteiger charge is 2.08. The van der Waals surface area contributed by atoms with Gasteiger partial charge in [-0.1, -0.05) is 6.58 Å². The molecule has 0 aliphatic heterocycles. The Bertz CT molecular complexity index is 373. The molecule has 0 aliphatic rings. The van der Waals surface area contributed by atoms with Crippen molar-refractivity contribution in [3.05, 3.63) is 36.3 Å². The van der Waals surface area contributed by atoms with Crippen molar-refractivity contribution in [2.24, 2.45) is 0 Å². The Labute approximate surface area is 87.8 Å². The van der Waals surface area contributed by atoms with E-state index in [2.05, 4.69) is 6.58 Å². The van der Waals surface area contributed by atoms with E-state index in [1.807, 2.05) is 6.07 Å². The summed E-state index contributed by atoms with van der Waals surface area (Å²) in [5.74, 6) is 0.0954. The van der Waals surface area contributed by atoms with Gasteiger partial charge in [0.15, 0.2) is 0 Å². The van der Waals surface area contributed by atoms with Gasteiger partial charge in [0.25, 0.3) is 0 Å². The predicted octanol–water partition coefficient (Wildman–Crippen LogP) is 2.18. The van der Waals surface area contributed by atoms with E-state index >= 15 is 0 Å². The van der Waals surface area contributed by atoms with Crippen molar-refractivity contribution in [1.82, 2.24) is 0 Å². The van der Waals surface area contributed by atoms with Crippen molar-refractivity contribution < 1.29 is 13.9 Å². The fourth-order valence-corrected chi connectivity index (χ4v) is 0.942. The van der Waals surface area contributed by atoms with Crippen molar-refractivity contribution >= 4 is 5.97 Å². The minimum absolute atomic E-state index is 0.0946. The van der Waals surface area contributed by atoms with Crippen LogP contribution < -0.4 is 0 Å². The van der Waals surface area contributed by atoms with Gasteiger partial charge >= 0.3 is 5.97 Å². The van der Waals surface area contributed by atoms with E-state index in [0.29, 0.717) is 17.8 Å². The molecule has 0 amide bonds. The molecule has 4 nitrogen and oxygen atoms in total. The molecule has 0 saturated carbocycles. The third kappa shape index (κ3) is 3.69. The first-order chi connectivity index (χ1) is 7.24. The summed E-state index contributed by atoms with van der Waals surface area (Å²) in [6, 6.07) is 5.37. The van der Waals surface area contributed by atoms with Crippen molar-refractivity contribution in [2.45, 2.75) is 19.4 Å². The summed E-state index contributed by atoms with van der Waals surface area (Å²) in [5.41, 5.74) is 0.308. The Morgan fingerprint density at radius 1 is 1.67 bits per heavy atom. The Morgan fingerprint density at radius 2 is 2.47 bits per heavy atom. The lowest BCUT2D eigenvalue weighted by Crippen LogP contribution is -2.06. The second-order valence-corrected chi connectivity index (χ2v) is 2.92. The van der Waals surface area contributed by atoms with Crippen LogP contribution in [-0.4, -0.2) is 5.97 Å². The maximum atomic E-state index is 11.3. The normalized spacial score (nSPS) is 9.27. The molecule has 0 fully saturated rings. The number of hydrogen-bond donors (Lipinski definition) is 0. The Balaban J connectivity index is 2.30. The topological polar surface area (TPSA) is 63.2 Å². The highest BCUT2D eigenvalue weighted by Crippen LogP contribution is 2.07. The van der Waals surface area contributed by atoms with Crippen LogP contribution in [0.4, 0.5) is 0 Å². The summed E-state index contributed by atoms with van der Waals surface area (Å²) in [7, 11) is 0. The van der Waals surface area contributed by atoms with Crippen LogP contribution in [0.25, 0.3) is 0 Å². The monoisotopic (exact) mass is 205 g/mol. The molecule has 1 rings (SSSR count). The van der Waals surface area contributed by atoms with E-state index in [9.17, 15) is 4.79 Å². The molecule has 1 heterocycles. The molecular formula is C11H11NO3. The Kier molecular flexibility index (Phi) is 4.17. The van der Waals surface area contributed by atoms with Crippen LogP contribution in [0.3, 0.4) is 0 Å². The van der Waals surface area contributed by atoms with Crippen LogP contribution in [0.5, 0.6) is 0 Å². The zero-order valence-corrected chi connectivity index (χ0v) is 8.23.